The van der Waals surface area contributed by atoms with Gasteiger partial charge in [0.05, 0.1) is 18.7 Å². The fourth-order valence-electron chi connectivity index (χ4n) is 4.56. The Morgan fingerprint density at radius 3 is 2.59 bits per heavy atom. The van der Waals surface area contributed by atoms with Gasteiger partial charge in [-0.05, 0) is 12.0 Å². The molecular formula is C26H22F3N3O5. The van der Waals surface area contributed by atoms with Crippen molar-refractivity contribution >= 4 is 11.8 Å². The molecule has 37 heavy (non-hydrogen) atoms. The highest BCUT2D eigenvalue weighted by molar-refractivity contribution is 5.99. The van der Waals surface area contributed by atoms with Gasteiger partial charge in [-0.25, -0.2) is 13.2 Å². The van der Waals surface area contributed by atoms with Gasteiger partial charge in [0.1, 0.15) is 29.6 Å². The highest BCUT2D eigenvalue weighted by Gasteiger charge is 2.39. The molecule has 0 saturated carbocycles. The number of hydrogen-bond acceptors (Lipinski definition) is 5. The van der Waals surface area contributed by atoms with Gasteiger partial charge in [0.15, 0.2) is 11.4 Å². The number of pyridine rings is 1. The molecule has 0 bridgehead atoms. The van der Waals surface area contributed by atoms with E-state index in [1.54, 1.807) is 28.8 Å². The second kappa shape index (κ2) is 10.1. The fraction of sp³-hybridized carbons (Fsp3) is 0.269. The van der Waals surface area contributed by atoms with Crippen LogP contribution >= 0.6 is 0 Å². The van der Waals surface area contributed by atoms with Crippen molar-refractivity contribution in [2.45, 2.75) is 31.7 Å². The van der Waals surface area contributed by atoms with E-state index in [-0.39, 0.29) is 42.3 Å². The Morgan fingerprint density at radius 1 is 1.14 bits per heavy atom. The molecule has 0 spiro atoms. The van der Waals surface area contributed by atoms with Crippen LogP contribution in [-0.4, -0.2) is 35.6 Å². The van der Waals surface area contributed by atoms with Crippen molar-refractivity contribution in [2.24, 2.45) is 0 Å². The lowest BCUT2D eigenvalue weighted by Crippen LogP contribution is -2.53. The number of amides is 2. The van der Waals surface area contributed by atoms with Crippen LogP contribution < -0.4 is 20.8 Å². The smallest absolute Gasteiger partial charge is 0.272 e. The first-order chi connectivity index (χ1) is 17.8. The molecule has 2 aromatic carbocycles. The summed E-state index contributed by atoms with van der Waals surface area (Å²) in [4.78, 5) is 39.5. The maximum absolute atomic E-state index is 14.0. The number of ether oxygens (including phenoxy) is 2. The van der Waals surface area contributed by atoms with Crippen LogP contribution in [0.2, 0.25) is 0 Å². The molecule has 2 N–H and O–H groups in total. The number of hydrogen-bond donors (Lipinski definition) is 2. The molecule has 2 aliphatic heterocycles. The molecule has 0 radical (unpaired) electrons. The summed E-state index contributed by atoms with van der Waals surface area (Å²) in [5.41, 5.74) is -1.05. The largest absolute Gasteiger partial charge is 0.483 e. The van der Waals surface area contributed by atoms with Crippen molar-refractivity contribution in [2.75, 3.05) is 13.2 Å². The molecule has 1 fully saturated rings. The molecule has 0 unspecified atom stereocenters. The zero-order chi connectivity index (χ0) is 26.1. The van der Waals surface area contributed by atoms with Crippen molar-refractivity contribution in [3.8, 4) is 5.75 Å². The number of nitrogens with zero attached hydrogens (tertiary/aromatic N) is 1. The Hall–Kier alpha value is -4.12. The van der Waals surface area contributed by atoms with Gasteiger partial charge in [0.25, 0.3) is 11.8 Å². The Kier molecular flexibility index (Phi) is 6.70. The van der Waals surface area contributed by atoms with Crippen molar-refractivity contribution in [1.29, 1.82) is 0 Å². The van der Waals surface area contributed by atoms with E-state index in [0.717, 1.165) is 5.56 Å². The summed E-state index contributed by atoms with van der Waals surface area (Å²) in [6.45, 7) is 0.00346. The monoisotopic (exact) mass is 513 g/mol. The van der Waals surface area contributed by atoms with Crippen molar-refractivity contribution in [3.63, 3.8) is 0 Å². The normalized spacial score (nSPS) is 18.4. The lowest BCUT2D eigenvalue weighted by molar-refractivity contribution is 0.0288. The lowest BCUT2D eigenvalue weighted by Gasteiger charge is -2.39. The molecule has 192 valence electrons. The summed E-state index contributed by atoms with van der Waals surface area (Å²) >= 11 is 0. The van der Waals surface area contributed by atoms with E-state index in [0.29, 0.717) is 25.2 Å². The highest BCUT2D eigenvalue weighted by atomic mass is 19.1. The fourth-order valence-corrected chi connectivity index (χ4v) is 4.56. The molecule has 2 aliphatic rings. The maximum atomic E-state index is 14.0. The minimum Gasteiger partial charge on any atom is -0.483 e. The number of halogens is 3. The van der Waals surface area contributed by atoms with Crippen LogP contribution in [0.25, 0.3) is 0 Å². The Morgan fingerprint density at radius 2 is 1.86 bits per heavy atom. The molecule has 8 nitrogen and oxygen atoms in total. The van der Waals surface area contributed by atoms with Gasteiger partial charge in [-0.15, -0.1) is 0 Å². The van der Waals surface area contributed by atoms with E-state index >= 15 is 0 Å². The van der Waals surface area contributed by atoms with Gasteiger partial charge in [-0.2, -0.15) is 0 Å². The molecule has 1 aromatic heterocycles. The van der Waals surface area contributed by atoms with Crippen LogP contribution in [0.1, 0.15) is 44.4 Å². The molecule has 0 aliphatic carbocycles. The number of fused-ring (bicyclic) bond motifs is 3. The molecular weight excluding hydrogens is 491 g/mol. The second-order valence-electron chi connectivity index (χ2n) is 8.77. The molecule has 3 aromatic rings. The maximum Gasteiger partial charge on any atom is 0.272 e. The number of carbonyl (C=O) groups excluding carboxylic acids is 2. The second-order valence-corrected chi connectivity index (χ2v) is 8.77. The molecule has 11 heteroatoms. The van der Waals surface area contributed by atoms with E-state index in [2.05, 4.69) is 10.6 Å². The minimum atomic E-state index is -1.17. The molecule has 2 amide bonds. The molecule has 2 atom stereocenters. The summed E-state index contributed by atoms with van der Waals surface area (Å²) in [6, 6.07) is 9.26. The van der Waals surface area contributed by atoms with E-state index < -0.39 is 46.8 Å². The van der Waals surface area contributed by atoms with Gasteiger partial charge in [0.2, 0.25) is 5.43 Å². The summed E-state index contributed by atoms with van der Waals surface area (Å²) in [5.74, 6) is -5.22. The summed E-state index contributed by atoms with van der Waals surface area (Å²) in [6.07, 6.45) is 1.77. The van der Waals surface area contributed by atoms with Crippen molar-refractivity contribution < 1.29 is 32.2 Å². The first-order valence-electron chi connectivity index (χ1n) is 11.6. The van der Waals surface area contributed by atoms with Crippen LogP contribution in [0.4, 0.5) is 13.2 Å². The minimum absolute atomic E-state index is 0.0174. The number of carbonyl (C=O) groups is 2. The van der Waals surface area contributed by atoms with Crippen LogP contribution in [-0.2, 0) is 17.9 Å². The third-order valence-electron chi connectivity index (χ3n) is 6.40. The predicted octanol–water partition coefficient (Wildman–Crippen LogP) is 2.85. The van der Waals surface area contributed by atoms with Crippen molar-refractivity contribution in [1.82, 2.24) is 15.2 Å². The topological polar surface area (TPSA) is 98.7 Å². The van der Waals surface area contributed by atoms with Crippen molar-refractivity contribution in [3.05, 3.63) is 98.7 Å². The summed E-state index contributed by atoms with van der Waals surface area (Å²) < 4.78 is 54.1. The summed E-state index contributed by atoms with van der Waals surface area (Å²) in [7, 11) is 0. The lowest BCUT2D eigenvalue weighted by atomic mass is 9.98. The van der Waals surface area contributed by atoms with Gasteiger partial charge in [-0.1, -0.05) is 30.3 Å². The zero-order valence-electron chi connectivity index (χ0n) is 19.4. The molecule has 3 heterocycles. The first-order valence-corrected chi connectivity index (χ1v) is 11.6. The van der Waals surface area contributed by atoms with Gasteiger partial charge >= 0.3 is 0 Å². The third kappa shape index (κ3) is 4.82. The quantitative estimate of drug-likeness (QED) is 0.528. The number of rotatable bonds is 6. The van der Waals surface area contributed by atoms with Crippen LogP contribution in [0.3, 0.4) is 0 Å². The molecule has 5 rings (SSSR count). The number of aromatic nitrogens is 1. The van der Waals surface area contributed by atoms with Crippen LogP contribution in [0.15, 0.2) is 53.5 Å². The standard InChI is InChI=1S/C26H22F3N3O5/c27-15-8-18(28)16(19(29)9-15)10-30-25(34)17-11-32-21-6-7-36-13-20(21)31-26(35)22(32)24(23(17)33)37-12-14-4-2-1-3-5-14/h1-5,8-9,11,20-21H,6-7,10,12-13H2,(H,30,34)(H,31,35)/t20-,21+/m0/s1. The SMILES string of the molecule is O=C(NCc1c(F)cc(F)cc1F)c1cn2c(c(OCc3ccccc3)c1=O)C(=O)N[C@H]1COCC[C@H]12. The van der Waals surface area contributed by atoms with Crippen LogP contribution in [0, 0.1) is 17.5 Å². The summed E-state index contributed by atoms with van der Waals surface area (Å²) in [5, 5.41) is 5.15. The van der Waals surface area contributed by atoms with E-state index in [9.17, 15) is 27.6 Å². The average Bonchev–Trinajstić information content (AvgIpc) is 2.87. The zero-order valence-corrected chi connectivity index (χ0v) is 19.4. The Bertz CT molecular complexity index is 1400. The predicted molar refractivity (Wildman–Crippen MR) is 125 cm³/mol. The van der Waals surface area contributed by atoms with Gasteiger partial charge in [-0.3, -0.25) is 14.4 Å². The van der Waals surface area contributed by atoms with Gasteiger partial charge in [0, 0.05) is 37.0 Å². The Labute approximate surface area is 209 Å². The average molecular weight is 513 g/mol. The third-order valence-corrected chi connectivity index (χ3v) is 6.40. The van der Waals surface area contributed by atoms with E-state index in [4.69, 9.17) is 9.47 Å². The van der Waals surface area contributed by atoms with E-state index in [1.165, 1.54) is 6.20 Å². The highest BCUT2D eigenvalue weighted by Crippen LogP contribution is 2.31. The van der Waals surface area contributed by atoms with Crippen LogP contribution in [0.5, 0.6) is 5.75 Å². The first kappa shape index (κ1) is 24.6. The van der Waals surface area contributed by atoms with Gasteiger partial charge < -0.3 is 24.7 Å². The Balaban J connectivity index is 1.52. The number of nitrogens with one attached hydrogen (secondary N) is 2. The molecule has 1 saturated heterocycles. The number of benzene rings is 2. The van der Waals surface area contributed by atoms with E-state index in [1.807, 2.05) is 6.07 Å².